The number of carbonyl (C=O) groups excluding carboxylic acids is 1. The van der Waals surface area contributed by atoms with Crippen molar-refractivity contribution in [3.63, 3.8) is 0 Å². The summed E-state index contributed by atoms with van der Waals surface area (Å²) >= 11 is 0. The maximum Gasteiger partial charge on any atom is 0.248 e. The van der Waals surface area contributed by atoms with Crippen LogP contribution in [0.15, 0.2) is 29.4 Å². The van der Waals surface area contributed by atoms with Crippen LogP contribution < -0.4 is 16.8 Å². The molecule has 0 fully saturated rings. The molecule has 0 bridgehead atoms. The Kier molecular flexibility index (Phi) is 6.02. The Labute approximate surface area is 125 Å². The minimum absolute atomic E-state index is 0.262. The van der Waals surface area contributed by atoms with Gasteiger partial charge in [0.05, 0.1) is 0 Å². The molecule has 0 atom stereocenters. The number of unbranched alkanes of at least 4 members (excludes halogenated alkanes) is 1. The van der Waals surface area contributed by atoms with E-state index in [0.717, 1.165) is 31.5 Å². The van der Waals surface area contributed by atoms with Crippen LogP contribution in [0.25, 0.3) is 0 Å². The van der Waals surface area contributed by atoms with Gasteiger partial charge in [0.15, 0.2) is 0 Å². The third-order valence-electron chi connectivity index (χ3n) is 3.53. The van der Waals surface area contributed by atoms with Gasteiger partial charge in [-0.1, -0.05) is 25.4 Å². The highest BCUT2D eigenvalue weighted by atomic mass is 16.4. The number of carbonyl (C=O) groups is 1. The van der Waals surface area contributed by atoms with Gasteiger partial charge in [-0.25, -0.2) is 0 Å². The molecular formula is C15H24N4O2. The van der Waals surface area contributed by atoms with Crippen molar-refractivity contribution < 1.29 is 10.0 Å². The molecule has 1 aromatic rings. The zero-order valence-corrected chi connectivity index (χ0v) is 12.6. The summed E-state index contributed by atoms with van der Waals surface area (Å²) in [5.74, 6) is -0.163. The largest absolute Gasteiger partial charge is 0.409 e. The molecule has 116 valence electrons. The lowest BCUT2D eigenvalue weighted by atomic mass is 9.86. The van der Waals surface area contributed by atoms with Crippen LogP contribution in [0.5, 0.6) is 0 Å². The van der Waals surface area contributed by atoms with Gasteiger partial charge in [0.1, 0.15) is 5.84 Å². The van der Waals surface area contributed by atoms with Crippen LogP contribution >= 0.6 is 0 Å². The normalized spacial score (nSPS) is 12.2. The first kappa shape index (κ1) is 16.8. The predicted octanol–water partition coefficient (Wildman–Crippen LogP) is 2.14. The number of amidine groups is 1. The molecule has 0 aromatic heterocycles. The zero-order valence-electron chi connectivity index (χ0n) is 12.6. The maximum atomic E-state index is 10.9. The van der Waals surface area contributed by atoms with E-state index in [-0.39, 0.29) is 11.3 Å². The molecule has 0 saturated heterocycles. The fourth-order valence-electron chi connectivity index (χ4n) is 1.94. The maximum absolute atomic E-state index is 10.9. The summed E-state index contributed by atoms with van der Waals surface area (Å²) in [6.07, 6.45) is 2.79. The molecule has 6 heteroatoms. The van der Waals surface area contributed by atoms with Crippen molar-refractivity contribution in [1.29, 1.82) is 0 Å². The molecule has 0 heterocycles. The van der Waals surface area contributed by atoms with E-state index in [1.54, 1.807) is 12.1 Å². The quantitative estimate of drug-likeness (QED) is 0.193. The summed E-state index contributed by atoms with van der Waals surface area (Å²) in [5, 5.41) is 15.0. The van der Waals surface area contributed by atoms with Crippen molar-refractivity contribution in [2.45, 2.75) is 33.1 Å². The smallest absolute Gasteiger partial charge is 0.248 e. The second-order valence-corrected chi connectivity index (χ2v) is 5.69. The SMILES string of the molecule is CC(C)(CCCCNc1ccc(C(N)=O)cc1)/C(N)=N/O. The highest BCUT2D eigenvalue weighted by Crippen LogP contribution is 2.23. The molecule has 0 spiro atoms. The summed E-state index contributed by atoms with van der Waals surface area (Å²) in [4.78, 5) is 10.9. The Hall–Kier alpha value is -2.24. The molecule has 6 nitrogen and oxygen atoms in total. The second kappa shape index (κ2) is 7.52. The summed E-state index contributed by atoms with van der Waals surface area (Å²) in [7, 11) is 0. The molecule has 0 saturated carbocycles. The van der Waals surface area contributed by atoms with E-state index in [0.29, 0.717) is 5.56 Å². The second-order valence-electron chi connectivity index (χ2n) is 5.69. The van der Waals surface area contributed by atoms with Crippen LogP contribution in [-0.2, 0) is 0 Å². The summed E-state index contributed by atoms with van der Waals surface area (Å²) in [5.41, 5.74) is 12.0. The number of amides is 1. The van der Waals surface area contributed by atoms with E-state index in [4.69, 9.17) is 16.7 Å². The van der Waals surface area contributed by atoms with Crippen LogP contribution in [0.4, 0.5) is 5.69 Å². The number of nitrogens with one attached hydrogen (secondary N) is 1. The fraction of sp³-hybridized carbons (Fsp3) is 0.467. The van der Waals surface area contributed by atoms with Crippen LogP contribution in [-0.4, -0.2) is 23.5 Å². The number of benzene rings is 1. The van der Waals surface area contributed by atoms with Crippen molar-refractivity contribution in [2.75, 3.05) is 11.9 Å². The van der Waals surface area contributed by atoms with Gasteiger partial charge in [0, 0.05) is 23.2 Å². The Morgan fingerprint density at radius 2 is 1.86 bits per heavy atom. The molecule has 1 aromatic carbocycles. The Morgan fingerprint density at radius 3 is 2.38 bits per heavy atom. The molecule has 1 rings (SSSR count). The van der Waals surface area contributed by atoms with Gasteiger partial charge in [0.25, 0.3) is 0 Å². The third-order valence-corrected chi connectivity index (χ3v) is 3.53. The third kappa shape index (κ3) is 5.33. The summed E-state index contributed by atoms with van der Waals surface area (Å²) < 4.78 is 0. The van der Waals surface area contributed by atoms with E-state index in [2.05, 4.69) is 10.5 Å². The summed E-state index contributed by atoms with van der Waals surface area (Å²) in [6.45, 7) is 4.73. The molecule has 21 heavy (non-hydrogen) atoms. The van der Waals surface area contributed by atoms with Gasteiger partial charge in [-0.15, -0.1) is 0 Å². The van der Waals surface area contributed by atoms with E-state index >= 15 is 0 Å². The van der Waals surface area contributed by atoms with Crippen molar-refractivity contribution >= 4 is 17.4 Å². The van der Waals surface area contributed by atoms with Crippen molar-refractivity contribution in [1.82, 2.24) is 0 Å². The lowest BCUT2D eigenvalue weighted by Crippen LogP contribution is -2.31. The number of hydrogen-bond acceptors (Lipinski definition) is 4. The van der Waals surface area contributed by atoms with Gasteiger partial charge in [-0.05, 0) is 37.1 Å². The molecule has 6 N–H and O–H groups in total. The highest BCUT2D eigenvalue weighted by molar-refractivity contribution is 5.93. The number of nitrogens with two attached hydrogens (primary N) is 2. The number of nitrogens with zero attached hydrogens (tertiary/aromatic N) is 1. The Morgan fingerprint density at radius 1 is 1.24 bits per heavy atom. The highest BCUT2D eigenvalue weighted by Gasteiger charge is 2.22. The Balaban J connectivity index is 2.30. The molecule has 0 radical (unpaired) electrons. The van der Waals surface area contributed by atoms with Crippen molar-refractivity contribution in [2.24, 2.45) is 22.0 Å². The first-order valence-electron chi connectivity index (χ1n) is 6.98. The molecule has 0 aliphatic heterocycles. The van der Waals surface area contributed by atoms with Crippen molar-refractivity contribution in [3.8, 4) is 0 Å². The van der Waals surface area contributed by atoms with E-state index < -0.39 is 5.91 Å². The molecular weight excluding hydrogens is 268 g/mol. The number of oxime groups is 1. The molecule has 0 aliphatic carbocycles. The fourth-order valence-corrected chi connectivity index (χ4v) is 1.94. The minimum Gasteiger partial charge on any atom is -0.409 e. The minimum atomic E-state index is -0.424. The topological polar surface area (TPSA) is 114 Å². The van der Waals surface area contributed by atoms with E-state index in [1.807, 2.05) is 26.0 Å². The van der Waals surface area contributed by atoms with E-state index in [1.165, 1.54) is 0 Å². The number of primary amides is 1. The number of rotatable bonds is 8. The van der Waals surface area contributed by atoms with Gasteiger partial charge < -0.3 is 22.0 Å². The lowest BCUT2D eigenvalue weighted by Gasteiger charge is -2.22. The first-order chi connectivity index (χ1) is 9.86. The van der Waals surface area contributed by atoms with Gasteiger partial charge >= 0.3 is 0 Å². The van der Waals surface area contributed by atoms with Crippen LogP contribution in [0.1, 0.15) is 43.5 Å². The number of hydrogen-bond donors (Lipinski definition) is 4. The predicted molar refractivity (Wildman–Crippen MR) is 84.5 cm³/mol. The van der Waals surface area contributed by atoms with Gasteiger partial charge in [-0.2, -0.15) is 0 Å². The lowest BCUT2D eigenvalue weighted by molar-refractivity contribution is 0.100. The van der Waals surface area contributed by atoms with Crippen LogP contribution in [0.2, 0.25) is 0 Å². The number of anilines is 1. The van der Waals surface area contributed by atoms with Crippen molar-refractivity contribution in [3.05, 3.63) is 29.8 Å². The monoisotopic (exact) mass is 292 g/mol. The molecule has 0 unspecified atom stereocenters. The zero-order chi connectivity index (χ0) is 15.9. The van der Waals surface area contributed by atoms with Crippen LogP contribution in [0, 0.1) is 5.41 Å². The van der Waals surface area contributed by atoms with Gasteiger partial charge in [-0.3, -0.25) is 4.79 Å². The molecule has 1 amide bonds. The standard InChI is InChI=1S/C15H24N4O2/c1-15(2,14(17)19-21)9-3-4-10-18-12-7-5-11(6-8-12)13(16)20/h5-8,18,21H,3-4,9-10H2,1-2H3,(H2,16,20)(H2,17,19). The van der Waals surface area contributed by atoms with E-state index in [9.17, 15) is 4.79 Å². The van der Waals surface area contributed by atoms with Gasteiger partial charge in [0.2, 0.25) is 5.91 Å². The Bertz CT molecular complexity index is 495. The first-order valence-corrected chi connectivity index (χ1v) is 6.98. The average Bonchev–Trinajstić information content (AvgIpc) is 2.46. The average molecular weight is 292 g/mol. The molecule has 0 aliphatic rings. The summed E-state index contributed by atoms with van der Waals surface area (Å²) in [6, 6.07) is 7.07. The van der Waals surface area contributed by atoms with Crippen LogP contribution in [0.3, 0.4) is 0 Å².